The van der Waals surface area contributed by atoms with Crippen LogP contribution in [0.3, 0.4) is 0 Å². The molecule has 0 N–H and O–H groups in total. The van der Waals surface area contributed by atoms with Gasteiger partial charge in [0, 0.05) is 12.3 Å². The molecule has 2 aromatic carbocycles. The minimum Gasteiger partial charge on any atom is -0.364 e. The van der Waals surface area contributed by atoms with Gasteiger partial charge in [-0.15, -0.1) is 0 Å². The van der Waals surface area contributed by atoms with Crippen molar-refractivity contribution in [1.29, 1.82) is 0 Å². The van der Waals surface area contributed by atoms with E-state index < -0.39 is 0 Å². The Labute approximate surface area is 119 Å². The summed E-state index contributed by atoms with van der Waals surface area (Å²) < 4.78 is 6.22. The highest BCUT2D eigenvalue weighted by atomic mass is 16.5. The first-order chi connectivity index (χ1) is 9.75. The second kappa shape index (κ2) is 5.59. The van der Waals surface area contributed by atoms with Gasteiger partial charge in [0.25, 0.3) is 0 Å². The Morgan fingerprint density at radius 1 is 0.900 bits per heavy atom. The fourth-order valence-electron chi connectivity index (χ4n) is 2.75. The summed E-state index contributed by atoms with van der Waals surface area (Å²) in [4.78, 5) is 12.3. The van der Waals surface area contributed by atoms with Crippen molar-refractivity contribution in [1.82, 2.24) is 0 Å². The summed E-state index contributed by atoms with van der Waals surface area (Å²) in [7, 11) is 0. The van der Waals surface area contributed by atoms with E-state index in [0.717, 1.165) is 11.1 Å². The minimum atomic E-state index is -0.150. The Balaban J connectivity index is 1.89. The van der Waals surface area contributed by atoms with Crippen LogP contribution in [-0.4, -0.2) is 5.78 Å². The van der Waals surface area contributed by atoms with Crippen molar-refractivity contribution in [2.75, 3.05) is 0 Å². The Morgan fingerprint density at radius 2 is 1.45 bits per heavy atom. The van der Waals surface area contributed by atoms with E-state index in [-0.39, 0.29) is 23.9 Å². The van der Waals surface area contributed by atoms with Gasteiger partial charge in [-0.05, 0) is 11.1 Å². The van der Waals surface area contributed by atoms with Gasteiger partial charge in [-0.2, -0.15) is 0 Å². The molecule has 0 radical (unpaired) electrons. The van der Waals surface area contributed by atoms with E-state index in [9.17, 15) is 4.79 Å². The molecule has 3 rings (SSSR count). The Morgan fingerprint density at radius 3 is 2.05 bits per heavy atom. The fourth-order valence-corrected chi connectivity index (χ4v) is 2.75. The predicted octanol–water partition coefficient (Wildman–Crippen LogP) is 4.09. The van der Waals surface area contributed by atoms with Gasteiger partial charge in [0.05, 0.1) is 12.2 Å². The summed E-state index contributed by atoms with van der Waals surface area (Å²) in [5.41, 5.74) is 2.16. The zero-order chi connectivity index (χ0) is 13.9. The number of carbonyl (C=O) groups is 1. The summed E-state index contributed by atoms with van der Waals surface area (Å²) in [6.07, 6.45) is 0.182. The van der Waals surface area contributed by atoms with Crippen LogP contribution in [0, 0.1) is 5.92 Å². The molecule has 3 atom stereocenters. The number of benzene rings is 2. The third-order valence-electron chi connectivity index (χ3n) is 3.96. The van der Waals surface area contributed by atoms with E-state index in [0.29, 0.717) is 6.42 Å². The Bertz CT molecular complexity index is 577. The number of ether oxygens (including phenoxy) is 1. The van der Waals surface area contributed by atoms with Crippen molar-refractivity contribution < 1.29 is 9.53 Å². The van der Waals surface area contributed by atoms with E-state index in [4.69, 9.17) is 4.74 Å². The van der Waals surface area contributed by atoms with Crippen LogP contribution in [0.1, 0.15) is 36.7 Å². The molecule has 102 valence electrons. The summed E-state index contributed by atoms with van der Waals surface area (Å²) in [6, 6.07) is 20.0. The molecule has 1 saturated heterocycles. The van der Waals surface area contributed by atoms with Gasteiger partial charge in [0.15, 0.2) is 0 Å². The number of Topliss-reactive ketones (excluding diaryl/α,β-unsaturated/α-hetero) is 1. The number of hydrogen-bond donors (Lipinski definition) is 0. The van der Waals surface area contributed by atoms with Gasteiger partial charge >= 0.3 is 0 Å². The van der Waals surface area contributed by atoms with Crippen molar-refractivity contribution in [2.24, 2.45) is 5.92 Å². The summed E-state index contributed by atoms with van der Waals surface area (Å²) in [5, 5.41) is 0. The predicted molar refractivity (Wildman–Crippen MR) is 78.2 cm³/mol. The quantitative estimate of drug-likeness (QED) is 0.818. The number of hydrogen-bond acceptors (Lipinski definition) is 2. The van der Waals surface area contributed by atoms with Crippen LogP contribution >= 0.6 is 0 Å². The van der Waals surface area contributed by atoms with Crippen molar-refractivity contribution >= 4 is 5.78 Å². The molecule has 1 heterocycles. The highest BCUT2D eigenvalue weighted by Crippen LogP contribution is 2.40. The molecule has 0 spiro atoms. The second-order valence-corrected chi connectivity index (χ2v) is 5.33. The van der Waals surface area contributed by atoms with E-state index >= 15 is 0 Å². The lowest BCUT2D eigenvalue weighted by atomic mass is 9.86. The molecule has 1 aliphatic heterocycles. The van der Waals surface area contributed by atoms with Gasteiger partial charge < -0.3 is 4.74 Å². The zero-order valence-electron chi connectivity index (χ0n) is 11.5. The molecule has 0 saturated carbocycles. The lowest BCUT2D eigenvalue weighted by Gasteiger charge is -2.34. The molecule has 2 heteroatoms. The standard InChI is InChI=1S/C18H18O2/c1-13-16(19)12-17(14-8-4-2-5-9-14)20-18(13)15-10-6-3-7-11-15/h2-11,13,17-18H,12H2,1H3/t13-,17-,18+/m0/s1. The zero-order valence-corrected chi connectivity index (χ0v) is 11.5. The normalized spacial score (nSPS) is 26.4. The van der Waals surface area contributed by atoms with E-state index in [1.54, 1.807) is 0 Å². The minimum absolute atomic E-state index is 0.0858. The van der Waals surface area contributed by atoms with Crippen LogP contribution in [0.5, 0.6) is 0 Å². The fraction of sp³-hybridized carbons (Fsp3) is 0.278. The molecule has 20 heavy (non-hydrogen) atoms. The van der Waals surface area contributed by atoms with Crippen LogP contribution in [0.15, 0.2) is 60.7 Å². The van der Waals surface area contributed by atoms with Crippen LogP contribution in [0.25, 0.3) is 0 Å². The van der Waals surface area contributed by atoms with Gasteiger partial charge in [0.2, 0.25) is 0 Å². The van der Waals surface area contributed by atoms with Crippen LogP contribution in [-0.2, 0) is 9.53 Å². The lowest BCUT2D eigenvalue weighted by molar-refractivity contribution is -0.146. The van der Waals surface area contributed by atoms with Crippen molar-refractivity contribution in [3.8, 4) is 0 Å². The van der Waals surface area contributed by atoms with Gasteiger partial charge in [-0.1, -0.05) is 67.6 Å². The van der Waals surface area contributed by atoms with Crippen LogP contribution in [0.2, 0.25) is 0 Å². The van der Waals surface area contributed by atoms with Gasteiger partial charge in [-0.25, -0.2) is 0 Å². The first-order valence-electron chi connectivity index (χ1n) is 7.04. The third-order valence-corrected chi connectivity index (χ3v) is 3.96. The summed E-state index contributed by atoms with van der Waals surface area (Å²) in [5.74, 6) is 0.191. The molecule has 0 bridgehead atoms. The highest BCUT2D eigenvalue weighted by molar-refractivity contribution is 5.82. The molecule has 0 unspecified atom stereocenters. The molecule has 0 aliphatic carbocycles. The topological polar surface area (TPSA) is 26.3 Å². The van der Waals surface area contributed by atoms with E-state index in [1.165, 1.54) is 0 Å². The molecule has 0 aromatic heterocycles. The first-order valence-corrected chi connectivity index (χ1v) is 7.04. The van der Waals surface area contributed by atoms with Crippen molar-refractivity contribution in [3.63, 3.8) is 0 Å². The van der Waals surface area contributed by atoms with E-state index in [1.807, 2.05) is 67.6 Å². The smallest absolute Gasteiger partial charge is 0.141 e. The molecule has 1 aliphatic rings. The van der Waals surface area contributed by atoms with Crippen molar-refractivity contribution in [2.45, 2.75) is 25.6 Å². The average molecular weight is 266 g/mol. The molecular weight excluding hydrogens is 248 g/mol. The Kier molecular flexibility index (Phi) is 3.66. The van der Waals surface area contributed by atoms with Gasteiger partial charge in [0.1, 0.15) is 5.78 Å². The Hall–Kier alpha value is -1.93. The number of rotatable bonds is 2. The average Bonchev–Trinajstić information content (AvgIpc) is 2.51. The monoisotopic (exact) mass is 266 g/mol. The van der Waals surface area contributed by atoms with E-state index in [2.05, 4.69) is 0 Å². The maximum Gasteiger partial charge on any atom is 0.141 e. The molecule has 0 amide bonds. The molecule has 2 aromatic rings. The molecular formula is C18H18O2. The third kappa shape index (κ3) is 2.52. The van der Waals surface area contributed by atoms with Crippen LogP contribution in [0.4, 0.5) is 0 Å². The molecule has 1 fully saturated rings. The number of ketones is 1. The SMILES string of the molecule is C[C@H]1C(=O)C[C@@H](c2ccccc2)O[C@H]1c1ccccc1. The number of carbonyl (C=O) groups excluding carboxylic acids is 1. The van der Waals surface area contributed by atoms with Gasteiger partial charge in [-0.3, -0.25) is 4.79 Å². The maximum atomic E-state index is 12.3. The summed E-state index contributed by atoms with van der Waals surface area (Å²) >= 11 is 0. The largest absolute Gasteiger partial charge is 0.364 e. The first kappa shape index (κ1) is 13.1. The lowest BCUT2D eigenvalue weighted by Crippen LogP contribution is -2.31. The summed E-state index contributed by atoms with van der Waals surface area (Å²) in [6.45, 7) is 1.96. The second-order valence-electron chi connectivity index (χ2n) is 5.33. The highest BCUT2D eigenvalue weighted by Gasteiger charge is 2.35. The maximum absolute atomic E-state index is 12.3. The molecule has 2 nitrogen and oxygen atoms in total. The van der Waals surface area contributed by atoms with Crippen LogP contribution < -0.4 is 0 Å². The van der Waals surface area contributed by atoms with Crippen molar-refractivity contribution in [3.05, 3.63) is 71.8 Å².